The van der Waals surface area contributed by atoms with Crippen molar-refractivity contribution in [2.75, 3.05) is 13.7 Å². The molecular weight excluding hydrogens is 259 g/mol. The third-order valence-corrected chi connectivity index (χ3v) is 3.44. The summed E-state index contributed by atoms with van der Waals surface area (Å²) in [5.74, 6) is 2.61. The van der Waals surface area contributed by atoms with Crippen molar-refractivity contribution in [2.45, 2.75) is 25.1 Å². The third kappa shape index (κ3) is 3.43. The van der Waals surface area contributed by atoms with Crippen molar-refractivity contribution in [1.29, 1.82) is 0 Å². The molecule has 1 aromatic rings. The van der Waals surface area contributed by atoms with E-state index in [2.05, 4.69) is 0 Å². The van der Waals surface area contributed by atoms with Crippen LogP contribution in [-0.4, -0.2) is 13.7 Å². The number of methoxy groups -OCH3 is 1. The van der Waals surface area contributed by atoms with Gasteiger partial charge in [0.15, 0.2) is 11.5 Å². The van der Waals surface area contributed by atoms with Crippen LogP contribution in [0.2, 0.25) is 5.02 Å². The zero-order chi connectivity index (χ0) is 12.3. The Morgan fingerprint density at radius 3 is 2.71 bits per heavy atom. The first-order valence-corrected chi connectivity index (χ1v) is 6.71. The van der Waals surface area contributed by atoms with Gasteiger partial charge in [0.2, 0.25) is 0 Å². The van der Waals surface area contributed by atoms with E-state index in [9.17, 15) is 0 Å². The minimum absolute atomic E-state index is 0.371. The second-order valence-corrected chi connectivity index (χ2v) is 5.01. The molecular formula is C13H16Cl2O2. The predicted molar refractivity (Wildman–Crippen MR) is 70.4 cm³/mol. The van der Waals surface area contributed by atoms with E-state index in [-0.39, 0.29) is 0 Å². The lowest BCUT2D eigenvalue weighted by Crippen LogP contribution is -2.02. The Morgan fingerprint density at radius 2 is 2.12 bits per heavy atom. The molecule has 1 aliphatic rings. The van der Waals surface area contributed by atoms with Crippen LogP contribution in [-0.2, 0) is 5.88 Å². The summed E-state index contributed by atoms with van der Waals surface area (Å²) in [5.41, 5.74) is 0.881. The van der Waals surface area contributed by atoms with Crippen molar-refractivity contribution in [3.05, 3.63) is 22.7 Å². The molecule has 0 atom stereocenters. The molecule has 0 radical (unpaired) electrons. The van der Waals surface area contributed by atoms with Crippen molar-refractivity contribution in [3.8, 4) is 11.5 Å². The lowest BCUT2D eigenvalue weighted by Gasteiger charge is -2.14. The number of halogens is 2. The fourth-order valence-electron chi connectivity index (χ4n) is 1.77. The first-order valence-electron chi connectivity index (χ1n) is 5.79. The standard InChI is InChI=1S/C13H16Cl2O2/c1-16-12-7-11(15)6-10(8-14)13(12)17-5-4-9-2-3-9/h6-7,9H,2-5,8H2,1H3. The number of benzene rings is 1. The topological polar surface area (TPSA) is 18.5 Å². The van der Waals surface area contributed by atoms with E-state index in [1.54, 1.807) is 13.2 Å². The number of hydrogen-bond acceptors (Lipinski definition) is 2. The van der Waals surface area contributed by atoms with E-state index in [0.29, 0.717) is 23.3 Å². The Hall–Kier alpha value is -0.600. The largest absolute Gasteiger partial charge is 0.493 e. The van der Waals surface area contributed by atoms with Crippen molar-refractivity contribution >= 4 is 23.2 Å². The molecule has 1 aliphatic carbocycles. The maximum atomic E-state index is 5.98. The molecule has 2 nitrogen and oxygen atoms in total. The highest BCUT2D eigenvalue weighted by Crippen LogP contribution is 2.37. The van der Waals surface area contributed by atoms with Crippen LogP contribution in [0.15, 0.2) is 12.1 Å². The highest BCUT2D eigenvalue weighted by atomic mass is 35.5. The molecule has 0 heterocycles. The van der Waals surface area contributed by atoms with Gasteiger partial charge in [0, 0.05) is 16.7 Å². The molecule has 17 heavy (non-hydrogen) atoms. The van der Waals surface area contributed by atoms with Gasteiger partial charge in [-0.1, -0.05) is 24.4 Å². The van der Waals surface area contributed by atoms with E-state index in [1.165, 1.54) is 12.8 Å². The lowest BCUT2D eigenvalue weighted by atomic mass is 10.2. The minimum atomic E-state index is 0.371. The number of hydrogen-bond donors (Lipinski definition) is 0. The van der Waals surface area contributed by atoms with Gasteiger partial charge in [-0.15, -0.1) is 11.6 Å². The second kappa shape index (κ2) is 5.83. The van der Waals surface area contributed by atoms with Crippen molar-refractivity contribution in [1.82, 2.24) is 0 Å². The summed E-state index contributed by atoms with van der Waals surface area (Å²) in [6.07, 6.45) is 3.78. The van der Waals surface area contributed by atoms with E-state index in [0.717, 1.165) is 23.7 Å². The maximum Gasteiger partial charge on any atom is 0.165 e. The van der Waals surface area contributed by atoms with Gasteiger partial charge in [-0.05, 0) is 18.4 Å². The maximum absolute atomic E-state index is 5.98. The molecule has 1 aromatic carbocycles. The van der Waals surface area contributed by atoms with Crippen molar-refractivity contribution < 1.29 is 9.47 Å². The fourth-order valence-corrected chi connectivity index (χ4v) is 2.20. The predicted octanol–water partition coefficient (Wildman–Crippen LogP) is 4.27. The number of ether oxygens (including phenoxy) is 2. The van der Waals surface area contributed by atoms with Crippen LogP contribution in [0.1, 0.15) is 24.8 Å². The molecule has 1 fully saturated rings. The molecule has 2 rings (SSSR count). The SMILES string of the molecule is COc1cc(Cl)cc(CCl)c1OCCC1CC1. The normalized spacial score (nSPS) is 14.8. The lowest BCUT2D eigenvalue weighted by molar-refractivity contribution is 0.281. The first-order chi connectivity index (χ1) is 8.24. The molecule has 1 saturated carbocycles. The molecule has 0 saturated heterocycles. The van der Waals surface area contributed by atoms with Gasteiger partial charge in [-0.3, -0.25) is 0 Å². The highest BCUT2D eigenvalue weighted by Gasteiger charge is 2.21. The Bertz CT molecular complexity index is 364. The van der Waals surface area contributed by atoms with Crippen LogP contribution in [0.4, 0.5) is 0 Å². The van der Waals surface area contributed by atoms with Crippen LogP contribution >= 0.6 is 23.2 Å². The number of rotatable bonds is 6. The van der Waals surface area contributed by atoms with Gasteiger partial charge < -0.3 is 9.47 Å². The summed E-state index contributed by atoms with van der Waals surface area (Å²) >= 11 is 11.9. The molecule has 0 amide bonds. The average Bonchev–Trinajstić information content (AvgIpc) is 3.14. The van der Waals surface area contributed by atoms with Gasteiger partial charge in [0.05, 0.1) is 19.6 Å². The molecule has 0 unspecified atom stereocenters. The Balaban J connectivity index is 2.10. The molecule has 0 bridgehead atoms. The molecule has 0 spiro atoms. The van der Waals surface area contributed by atoms with E-state index < -0.39 is 0 Å². The second-order valence-electron chi connectivity index (χ2n) is 4.31. The van der Waals surface area contributed by atoms with E-state index in [4.69, 9.17) is 32.7 Å². The molecule has 0 N–H and O–H groups in total. The summed E-state index contributed by atoms with van der Waals surface area (Å²) in [6.45, 7) is 0.715. The zero-order valence-electron chi connectivity index (χ0n) is 9.84. The number of alkyl halides is 1. The summed E-state index contributed by atoms with van der Waals surface area (Å²) in [5, 5.41) is 0.618. The van der Waals surface area contributed by atoms with E-state index in [1.807, 2.05) is 6.07 Å². The van der Waals surface area contributed by atoms with Crippen LogP contribution in [0, 0.1) is 5.92 Å². The molecule has 4 heteroatoms. The van der Waals surface area contributed by atoms with Gasteiger partial charge in [-0.25, -0.2) is 0 Å². The smallest absolute Gasteiger partial charge is 0.165 e. The van der Waals surface area contributed by atoms with Crippen LogP contribution in [0.3, 0.4) is 0 Å². The Labute approximate surface area is 112 Å². The minimum Gasteiger partial charge on any atom is -0.493 e. The van der Waals surface area contributed by atoms with Gasteiger partial charge >= 0.3 is 0 Å². The van der Waals surface area contributed by atoms with Crippen LogP contribution < -0.4 is 9.47 Å². The summed E-state index contributed by atoms with van der Waals surface area (Å²) in [4.78, 5) is 0. The van der Waals surface area contributed by atoms with Gasteiger partial charge in [0.1, 0.15) is 0 Å². The molecule has 0 aliphatic heterocycles. The average molecular weight is 275 g/mol. The summed E-state index contributed by atoms with van der Waals surface area (Å²) in [6, 6.07) is 3.58. The van der Waals surface area contributed by atoms with Gasteiger partial charge in [-0.2, -0.15) is 0 Å². The molecule has 94 valence electrons. The van der Waals surface area contributed by atoms with Crippen molar-refractivity contribution in [2.24, 2.45) is 5.92 Å². The first kappa shape index (κ1) is 12.8. The highest BCUT2D eigenvalue weighted by molar-refractivity contribution is 6.31. The third-order valence-electron chi connectivity index (χ3n) is 2.93. The zero-order valence-corrected chi connectivity index (χ0v) is 11.4. The van der Waals surface area contributed by atoms with Crippen LogP contribution in [0.25, 0.3) is 0 Å². The van der Waals surface area contributed by atoms with Gasteiger partial charge in [0.25, 0.3) is 0 Å². The Morgan fingerprint density at radius 1 is 1.35 bits per heavy atom. The Kier molecular flexibility index (Phi) is 4.41. The van der Waals surface area contributed by atoms with Crippen molar-refractivity contribution in [3.63, 3.8) is 0 Å². The molecule has 0 aromatic heterocycles. The van der Waals surface area contributed by atoms with E-state index >= 15 is 0 Å². The monoisotopic (exact) mass is 274 g/mol. The summed E-state index contributed by atoms with van der Waals surface area (Å²) in [7, 11) is 1.61. The summed E-state index contributed by atoms with van der Waals surface area (Å²) < 4.78 is 11.1. The van der Waals surface area contributed by atoms with Crippen LogP contribution in [0.5, 0.6) is 11.5 Å². The quantitative estimate of drug-likeness (QED) is 0.722. The fraction of sp³-hybridized carbons (Fsp3) is 0.538.